The van der Waals surface area contributed by atoms with Crippen molar-refractivity contribution in [3.8, 4) is 0 Å². The van der Waals surface area contributed by atoms with Gasteiger partial charge in [0.1, 0.15) is 11.2 Å². The molecule has 2 heterocycles. The first-order valence-electron chi connectivity index (χ1n) is 8.13. The Kier molecular flexibility index (Phi) is 5.93. The molecule has 1 aromatic carbocycles. The second kappa shape index (κ2) is 8.01. The van der Waals surface area contributed by atoms with Gasteiger partial charge in [0, 0.05) is 32.7 Å². The lowest BCUT2D eigenvalue weighted by atomic mass is 10.4. The third kappa shape index (κ3) is 3.91. The van der Waals surface area contributed by atoms with Crippen LogP contribution in [0.2, 0.25) is 5.02 Å². The fourth-order valence-corrected chi connectivity index (χ4v) is 4.97. The fraction of sp³-hybridized carbons (Fsp3) is 0.375. The largest absolute Gasteiger partial charge is 0.303 e. The molecule has 1 fully saturated rings. The van der Waals surface area contributed by atoms with E-state index < -0.39 is 10.0 Å². The number of hydrogen-bond acceptors (Lipinski definition) is 5. The van der Waals surface area contributed by atoms with Crippen molar-refractivity contribution < 1.29 is 8.42 Å². The Bertz CT molecular complexity index is 946. The average Bonchev–Trinajstić information content (AvgIpc) is 2.96. The highest BCUT2D eigenvalue weighted by Crippen LogP contribution is 2.25. The van der Waals surface area contributed by atoms with Gasteiger partial charge in [0.15, 0.2) is 4.77 Å². The molecule has 1 aliphatic rings. The molecule has 0 amide bonds. The van der Waals surface area contributed by atoms with E-state index in [9.17, 15) is 8.42 Å². The minimum absolute atomic E-state index is 0.153. The molecule has 3 rings (SSSR count). The minimum atomic E-state index is -3.58. The van der Waals surface area contributed by atoms with E-state index in [4.69, 9.17) is 23.8 Å². The van der Waals surface area contributed by atoms with Crippen LogP contribution in [0.25, 0.3) is 0 Å². The van der Waals surface area contributed by atoms with Gasteiger partial charge in [-0.05, 0) is 24.4 Å². The fourth-order valence-electron chi connectivity index (χ4n) is 2.83. The molecule has 26 heavy (non-hydrogen) atoms. The summed E-state index contributed by atoms with van der Waals surface area (Å²) in [5.41, 5.74) is 0. The molecular formula is C16H20ClN5O2S2. The molecule has 0 aliphatic carbocycles. The van der Waals surface area contributed by atoms with Crippen LogP contribution in [0.4, 0.5) is 0 Å². The van der Waals surface area contributed by atoms with Gasteiger partial charge in [-0.25, -0.2) is 13.1 Å². The molecule has 140 valence electrons. The van der Waals surface area contributed by atoms with Gasteiger partial charge in [-0.15, -0.1) is 6.58 Å². The van der Waals surface area contributed by atoms with E-state index in [2.05, 4.69) is 16.6 Å². The highest BCUT2D eigenvalue weighted by molar-refractivity contribution is 7.89. The van der Waals surface area contributed by atoms with Crippen molar-refractivity contribution in [2.45, 2.75) is 18.1 Å². The topological polar surface area (TPSA) is 63.4 Å². The number of hydrogen-bond donors (Lipinski definition) is 0. The summed E-state index contributed by atoms with van der Waals surface area (Å²) in [5.74, 6) is 0. The van der Waals surface area contributed by atoms with Gasteiger partial charge in [-0.2, -0.15) is 9.40 Å². The first-order chi connectivity index (χ1) is 12.4. The Balaban J connectivity index is 1.65. The Morgan fingerprint density at radius 1 is 1.23 bits per heavy atom. The lowest BCUT2D eigenvalue weighted by molar-refractivity contribution is 0.144. The first kappa shape index (κ1) is 19.2. The van der Waals surface area contributed by atoms with Crippen LogP contribution in [0, 0.1) is 4.77 Å². The summed E-state index contributed by atoms with van der Waals surface area (Å²) in [6, 6.07) is 6.52. The van der Waals surface area contributed by atoms with Crippen molar-refractivity contribution in [2.75, 3.05) is 26.2 Å². The quantitative estimate of drug-likeness (QED) is 0.536. The molecule has 0 unspecified atom stereocenters. The van der Waals surface area contributed by atoms with Gasteiger partial charge in [0.05, 0.1) is 11.7 Å². The van der Waals surface area contributed by atoms with E-state index in [1.165, 1.54) is 10.4 Å². The molecule has 0 saturated carbocycles. The van der Waals surface area contributed by atoms with Crippen LogP contribution >= 0.6 is 23.8 Å². The molecule has 1 saturated heterocycles. The van der Waals surface area contributed by atoms with Gasteiger partial charge < -0.3 is 4.57 Å². The average molecular weight is 414 g/mol. The van der Waals surface area contributed by atoms with Crippen molar-refractivity contribution in [2.24, 2.45) is 0 Å². The Hall–Kier alpha value is -1.52. The third-order valence-corrected chi connectivity index (χ3v) is 7.09. The number of aromatic nitrogens is 3. The van der Waals surface area contributed by atoms with Gasteiger partial charge in [-0.3, -0.25) is 4.90 Å². The lowest BCUT2D eigenvalue weighted by Gasteiger charge is -2.33. The summed E-state index contributed by atoms with van der Waals surface area (Å²) < 4.78 is 31.2. The molecule has 0 spiro atoms. The van der Waals surface area contributed by atoms with Crippen LogP contribution in [0.15, 0.2) is 48.1 Å². The van der Waals surface area contributed by atoms with Crippen LogP contribution in [0.1, 0.15) is 0 Å². The summed E-state index contributed by atoms with van der Waals surface area (Å²) >= 11 is 11.4. The van der Waals surface area contributed by atoms with Gasteiger partial charge in [0.2, 0.25) is 10.0 Å². The van der Waals surface area contributed by atoms with Gasteiger partial charge in [0.25, 0.3) is 0 Å². The van der Waals surface area contributed by atoms with Gasteiger partial charge >= 0.3 is 0 Å². The standard InChI is InChI=1S/C16H20ClN5O2S2/c1-2-7-20-12-18-22(16(20)25)13-19-8-10-21(11-9-19)26(23,24)15-6-4-3-5-14(15)17/h2-6,12H,1,7-11,13H2. The Morgan fingerprint density at radius 2 is 1.92 bits per heavy atom. The van der Waals surface area contributed by atoms with Gasteiger partial charge in [-0.1, -0.05) is 29.8 Å². The van der Waals surface area contributed by atoms with Crippen molar-refractivity contribution in [3.05, 3.63) is 53.0 Å². The lowest BCUT2D eigenvalue weighted by Crippen LogP contribution is -2.49. The smallest absolute Gasteiger partial charge is 0.244 e. The van der Waals surface area contributed by atoms with Crippen LogP contribution < -0.4 is 0 Å². The van der Waals surface area contributed by atoms with E-state index >= 15 is 0 Å². The Labute approximate surface area is 163 Å². The van der Waals surface area contributed by atoms with E-state index in [-0.39, 0.29) is 9.92 Å². The summed E-state index contributed by atoms with van der Waals surface area (Å²) in [5, 5.41) is 4.54. The number of sulfonamides is 1. The zero-order valence-corrected chi connectivity index (χ0v) is 16.5. The molecule has 2 aromatic rings. The maximum atomic E-state index is 12.8. The summed E-state index contributed by atoms with van der Waals surface area (Å²) in [6.07, 6.45) is 3.45. The molecule has 0 radical (unpaired) electrons. The highest BCUT2D eigenvalue weighted by atomic mass is 35.5. The number of nitrogens with zero attached hydrogens (tertiary/aromatic N) is 5. The molecule has 1 aromatic heterocycles. The molecule has 10 heteroatoms. The second-order valence-electron chi connectivity index (χ2n) is 5.95. The number of halogens is 1. The minimum Gasteiger partial charge on any atom is -0.303 e. The normalized spacial score (nSPS) is 16.7. The zero-order valence-electron chi connectivity index (χ0n) is 14.2. The third-order valence-electron chi connectivity index (χ3n) is 4.24. The van der Waals surface area contributed by atoms with Crippen LogP contribution in [0.5, 0.6) is 0 Å². The monoisotopic (exact) mass is 413 g/mol. The number of benzene rings is 1. The van der Waals surface area contributed by atoms with Crippen LogP contribution in [-0.4, -0.2) is 58.1 Å². The molecule has 0 atom stereocenters. The van der Waals surface area contributed by atoms with Crippen LogP contribution in [0.3, 0.4) is 0 Å². The van der Waals surface area contributed by atoms with Crippen molar-refractivity contribution in [1.29, 1.82) is 0 Å². The predicted octanol–water partition coefficient (Wildman–Crippen LogP) is 2.22. The molecular weight excluding hydrogens is 394 g/mol. The number of piperazine rings is 1. The summed E-state index contributed by atoms with van der Waals surface area (Å²) in [7, 11) is -3.58. The van der Waals surface area contributed by atoms with E-state index in [1.54, 1.807) is 35.3 Å². The van der Waals surface area contributed by atoms with Crippen LogP contribution in [-0.2, 0) is 23.2 Å². The van der Waals surface area contributed by atoms with Crippen molar-refractivity contribution in [1.82, 2.24) is 23.6 Å². The molecule has 0 N–H and O–H groups in total. The van der Waals surface area contributed by atoms with Crippen molar-refractivity contribution in [3.63, 3.8) is 0 Å². The predicted molar refractivity (Wildman–Crippen MR) is 103 cm³/mol. The number of allylic oxidation sites excluding steroid dienone is 1. The molecule has 0 bridgehead atoms. The maximum absolute atomic E-state index is 12.8. The molecule has 7 nitrogen and oxygen atoms in total. The second-order valence-corrected chi connectivity index (χ2v) is 8.63. The van der Waals surface area contributed by atoms with E-state index in [0.717, 1.165) is 0 Å². The number of rotatable bonds is 6. The first-order valence-corrected chi connectivity index (χ1v) is 10.4. The SMILES string of the molecule is C=CCn1cnn(CN2CCN(S(=O)(=O)c3ccccc3Cl)CC2)c1=S. The Morgan fingerprint density at radius 3 is 2.58 bits per heavy atom. The summed E-state index contributed by atoms with van der Waals surface area (Å²) in [6.45, 7) is 6.83. The summed E-state index contributed by atoms with van der Waals surface area (Å²) in [4.78, 5) is 2.28. The van der Waals surface area contributed by atoms with E-state index in [0.29, 0.717) is 44.2 Å². The van der Waals surface area contributed by atoms with E-state index in [1.807, 2.05) is 4.57 Å². The molecule has 1 aliphatic heterocycles. The van der Waals surface area contributed by atoms with Crippen molar-refractivity contribution >= 4 is 33.8 Å². The maximum Gasteiger partial charge on any atom is 0.244 e. The highest BCUT2D eigenvalue weighted by Gasteiger charge is 2.30. The zero-order chi connectivity index (χ0) is 18.7.